The van der Waals surface area contributed by atoms with Crippen molar-refractivity contribution in [3.8, 4) is 5.75 Å². The quantitative estimate of drug-likeness (QED) is 0.608. The predicted molar refractivity (Wildman–Crippen MR) is 119 cm³/mol. The number of amides is 1. The van der Waals surface area contributed by atoms with Gasteiger partial charge in [-0.05, 0) is 67.3 Å². The minimum atomic E-state index is -3.81. The zero-order chi connectivity index (χ0) is 21.8. The van der Waals surface area contributed by atoms with Crippen molar-refractivity contribution in [1.29, 1.82) is 0 Å². The van der Waals surface area contributed by atoms with Gasteiger partial charge in [-0.2, -0.15) is 4.31 Å². The van der Waals surface area contributed by atoms with Crippen molar-refractivity contribution >= 4 is 37.5 Å². The Labute approximate surface area is 181 Å². The maximum atomic E-state index is 13.0. The summed E-state index contributed by atoms with van der Waals surface area (Å²) >= 11 is 3.46. The van der Waals surface area contributed by atoms with Crippen LogP contribution in [0.1, 0.15) is 30.5 Å². The first-order chi connectivity index (χ1) is 13.6. The lowest BCUT2D eigenvalue weighted by Gasteiger charge is -2.21. The van der Waals surface area contributed by atoms with Gasteiger partial charge in [0.2, 0.25) is 15.9 Å². The van der Waals surface area contributed by atoms with E-state index in [9.17, 15) is 13.2 Å². The van der Waals surface area contributed by atoms with Crippen LogP contribution in [0.4, 0.5) is 5.69 Å². The first-order valence-corrected chi connectivity index (χ1v) is 11.6. The van der Waals surface area contributed by atoms with Crippen molar-refractivity contribution in [2.75, 3.05) is 25.5 Å². The van der Waals surface area contributed by atoms with Crippen LogP contribution in [0.3, 0.4) is 0 Å². The van der Waals surface area contributed by atoms with Gasteiger partial charge in [0.25, 0.3) is 0 Å². The summed E-state index contributed by atoms with van der Waals surface area (Å²) in [6, 6.07) is 8.55. The van der Waals surface area contributed by atoms with Gasteiger partial charge < -0.3 is 10.1 Å². The number of likely N-dealkylation sites (N-methyl/N-ethyl adjacent to an activating group) is 1. The number of hydrogen-bond acceptors (Lipinski definition) is 4. The van der Waals surface area contributed by atoms with Gasteiger partial charge in [0.15, 0.2) is 0 Å². The minimum absolute atomic E-state index is 0.138. The summed E-state index contributed by atoms with van der Waals surface area (Å²) in [7, 11) is -2.27. The second kappa shape index (κ2) is 9.73. The Balaban J connectivity index is 2.25. The summed E-state index contributed by atoms with van der Waals surface area (Å²) in [6.07, 6.45) is 0.747. The Bertz CT molecular complexity index is 1010. The van der Waals surface area contributed by atoms with Gasteiger partial charge in [0.1, 0.15) is 5.75 Å². The molecule has 0 aliphatic carbocycles. The molecule has 1 N–H and O–H groups in total. The molecule has 0 radical (unpaired) electrons. The number of benzene rings is 2. The highest BCUT2D eigenvalue weighted by atomic mass is 79.9. The summed E-state index contributed by atoms with van der Waals surface area (Å²) in [4.78, 5) is 12.8. The van der Waals surface area contributed by atoms with E-state index in [2.05, 4.69) is 21.2 Å². The Kier molecular flexibility index (Phi) is 7.85. The number of aryl methyl sites for hydroxylation is 3. The largest absolute Gasteiger partial charge is 0.496 e. The molecule has 0 aromatic heterocycles. The molecule has 0 aliphatic rings. The molecule has 0 spiro atoms. The number of carbonyl (C=O) groups excluding carboxylic acids is 1. The van der Waals surface area contributed by atoms with Crippen LogP contribution >= 0.6 is 15.9 Å². The van der Waals surface area contributed by atoms with Gasteiger partial charge in [-0.15, -0.1) is 0 Å². The second-order valence-corrected chi connectivity index (χ2v) is 9.57. The molecule has 0 heterocycles. The summed E-state index contributed by atoms with van der Waals surface area (Å²) in [5.74, 6) is 0.239. The Morgan fingerprint density at radius 1 is 1.14 bits per heavy atom. The molecule has 2 aromatic rings. The van der Waals surface area contributed by atoms with E-state index >= 15 is 0 Å². The molecule has 1 amide bonds. The zero-order valence-electron chi connectivity index (χ0n) is 17.4. The van der Waals surface area contributed by atoms with Crippen molar-refractivity contribution < 1.29 is 17.9 Å². The summed E-state index contributed by atoms with van der Waals surface area (Å²) in [5, 5.41) is 2.89. The molecule has 29 heavy (non-hydrogen) atoms. The number of halogens is 1. The van der Waals surface area contributed by atoms with E-state index in [-0.39, 0.29) is 23.9 Å². The van der Waals surface area contributed by atoms with E-state index in [1.807, 2.05) is 26.0 Å². The third-order valence-corrected chi connectivity index (χ3v) is 7.08. The van der Waals surface area contributed by atoms with E-state index in [0.29, 0.717) is 11.3 Å². The fourth-order valence-corrected chi connectivity index (χ4v) is 5.25. The maximum Gasteiger partial charge on any atom is 0.243 e. The average Bonchev–Trinajstić information content (AvgIpc) is 2.67. The highest BCUT2D eigenvalue weighted by Crippen LogP contribution is 2.27. The Morgan fingerprint density at radius 3 is 2.38 bits per heavy atom. The number of nitrogens with zero attached hydrogens (tertiary/aromatic N) is 1. The molecule has 0 unspecified atom stereocenters. The summed E-state index contributed by atoms with van der Waals surface area (Å²) < 4.78 is 33.4. The second-order valence-electron chi connectivity index (χ2n) is 6.72. The molecule has 0 aliphatic heterocycles. The molecule has 0 atom stereocenters. The molecular formula is C21H27BrN2O4S. The number of anilines is 1. The standard InChI is InChI=1S/C21H27BrN2O4S/c1-6-16-12-17(22)10-15(4)21(16)23-20(25)13-24(7-2)29(26,27)18-8-9-19(28-5)14(3)11-18/h8-12H,6-7,13H2,1-5H3,(H,23,25). The van der Waals surface area contributed by atoms with Crippen LogP contribution in [-0.4, -0.2) is 38.8 Å². The van der Waals surface area contributed by atoms with Crippen LogP contribution in [0.15, 0.2) is 39.7 Å². The van der Waals surface area contributed by atoms with Crippen molar-refractivity contribution in [3.63, 3.8) is 0 Å². The summed E-state index contributed by atoms with van der Waals surface area (Å²) in [6.45, 7) is 7.33. The zero-order valence-corrected chi connectivity index (χ0v) is 19.8. The smallest absolute Gasteiger partial charge is 0.243 e. The lowest BCUT2D eigenvalue weighted by atomic mass is 10.1. The number of rotatable bonds is 8. The van der Waals surface area contributed by atoms with Crippen molar-refractivity contribution in [3.05, 3.63) is 51.5 Å². The van der Waals surface area contributed by atoms with E-state index in [1.165, 1.54) is 17.5 Å². The fourth-order valence-electron chi connectivity index (χ4n) is 3.14. The molecule has 0 fully saturated rings. The number of hydrogen-bond donors (Lipinski definition) is 1. The number of nitrogens with one attached hydrogen (secondary N) is 1. The van der Waals surface area contributed by atoms with Crippen LogP contribution in [0.5, 0.6) is 5.75 Å². The highest BCUT2D eigenvalue weighted by molar-refractivity contribution is 9.10. The topological polar surface area (TPSA) is 75.7 Å². The highest BCUT2D eigenvalue weighted by Gasteiger charge is 2.26. The fraction of sp³-hybridized carbons (Fsp3) is 0.381. The summed E-state index contributed by atoms with van der Waals surface area (Å²) in [5.41, 5.74) is 3.35. The van der Waals surface area contributed by atoms with Crippen LogP contribution in [0.2, 0.25) is 0 Å². The molecule has 2 aromatic carbocycles. The molecule has 0 saturated heterocycles. The first-order valence-electron chi connectivity index (χ1n) is 9.37. The minimum Gasteiger partial charge on any atom is -0.496 e. The van der Waals surface area contributed by atoms with Crippen molar-refractivity contribution in [2.45, 2.75) is 39.0 Å². The molecule has 2 rings (SSSR count). The number of carbonyl (C=O) groups is 1. The van der Waals surface area contributed by atoms with Crippen LogP contribution in [0, 0.1) is 13.8 Å². The molecule has 0 saturated carbocycles. The van der Waals surface area contributed by atoms with Gasteiger partial charge in [-0.3, -0.25) is 4.79 Å². The lowest BCUT2D eigenvalue weighted by Crippen LogP contribution is -2.38. The number of methoxy groups -OCH3 is 1. The van der Waals surface area contributed by atoms with Gasteiger partial charge in [-0.1, -0.05) is 29.8 Å². The molecule has 0 bridgehead atoms. The number of ether oxygens (including phenoxy) is 1. The van der Waals surface area contributed by atoms with Crippen LogP contribution in [0.25, 0.3) is 0 Å². The van der Waals surface area contributed by atoms with Crippen LogP contribution < -0.4 is 10.1 Å². The maximum absolute atomic E-state index is 13.0. The van der Waals surface area contributed by atoms with Crippen molar-refractivity contribution in [2.24, 2.45) is 0 Å². The van der Waals surface area contributed by atoms with Gasteiger partial charge >= 0.3 is 0 Å². The van der Waals surface area contributed by atoms with Gasteiger partial charge in [-0.25, -0.2) is 8.42 Å². The van der Waals surface area contributed by atoms with E-state index < -0.39 is 10.0 Å². The van der Waals surface area contributed by atoms with E-state index in [4.69, 9.17) is 4.74 Å². The van der Waals surface area contributed by atoms with Crippen LogP contribution in [-0.2, 0) is 21.2 Å². The normalized spacial score (nSPS) is 11.6. The lowest BCUT2D eigenvalue weighted by molar-refractivity contribution is -0.116. The SMILES string of the molecule is CCc1cc(Br)cc(C)c1NC(=O)CN(CC)S(=O)(=O)c1ccc(OC)c(C)c1. The molecule has 6 nitrogen and oxygen atoms in total. The van der Waals surface area contributed by atoms with Crippen molar-refractivity contribution in [1.82, 2.24) is 4.31 Å². The average molecular weight is 483 g/mol. The molecular weight excluding hydrogens is 456 g/mol. The van der Waals surface area contributed by atoms with Gasteiger partial charge in [0.05, 0.1) is 18.6 Å². The molecule has 158 valence electrons. The molecule has 8 heteroatoms. The Morgan fingerprint density at radius 2 is 1.83 bits per heavy atom. The van der Waals surface area contributed by atoms with E-state index in [0.717, 1.165) is 27.7 Å². The third-order valence-electron chi connectivity index (χ3n) is 4.70. The van der Waals surface area contributed by atoms with E-state index in [1.54, 1.807) is 26.0 Å². The Hall–Kier alpha value is -1.90. The monoisotopic (exact) mass is 482 g/mol. The predicted octanol–water partition coefficient (Wildman–Crippen LogP) is 4.29. The van der Waals surface area contributed by atoms with Gasteiger partial charge in [0, 0.05) is 16.7 Å². The third kappa shape index (κ3) is 5.38. The first kappa shape index (κ1) is 23.4. The number of sulfonamides is 1.